The van der Waals surface area contributed by atoms with Crippen molar-refractivity contribution in [1.29, 1.82) is 0 Å². The summed E-state index contributed by atoms with van der Waals surface area (Å²) in [5, 5.41) is 0. The predicted molar refractivity (Wildman–Crippen MR) is 100 cm³/mol. The minimum absolute atomic E-state index is 0.122. The molecule has 0 saturated carbocycles. The predicted octanol–water partition coefficient (Wildman–Crippen LogP) is 3.28. The number of allylic oxidation sites excluding steroid dienone is 1. The molecule has 5 nitrogen and oxygen atoms in total. The van der Waals surface area contributed by atoms with E-state index >= 15 is 0 Å². The van der Waals surface area contributed by atoms with E-state index in [9.17, 15) is 9.18 Å². The Labute approximate surface area is 160 Å². The summed E-state index contributed by atoms with van der Waals surface area (Å²) >= 11 is 0. The number of carbonyl (C=O) groups excluding carboxylic acids is 1. The third-order valence-electron chi connectivity index (χ3n) is 5.68. The van der Waals surface area contributed by atoms with Crippen LogP contribution in [0.15, 0.2) is 24.3 Å². The molecule has 1 heterocycles. The molecule has 1 aliphatic carbocycles. The maximum absolute atomic E-state index is 14.5. The van der Waals surface area contributed by atoms with Gasteiger partial charge in [-0.25, -0.2) is 4.39 Å². The van der Waals surface area contributed by atoms with Gasteiger partial charge in [0.1, 0.15) is 5.82 Å². The van der Waals surface area contributed by atoms with E-state index in [-0.39, 0.29) is 29.5 Å². The molecule has 3 rings (SSSR count). The molecule has 1 aromatic carbocycles. The standard InChI is InChI=1S/C21H28FNO4/c1-5-27-21(24)20-13(2)6-7-14-10-23(12-16(14)20)11-15-8-18(25-3)19(26-4)9-17(15)22/h6-9,13-14,16,20H,5,10-12H2,1-4H3/t13-,14-,16-,20-/m0/s1. The monoisotopic (exact) mass is 377 g/mol. The number of hydrogen-bond donors (Lipinski definition) is 0. The number of halogens is 1. The number of methoxy groups -OCH3 is 2. The van der Waals surface area contributed by atoms with Crippen LogP contribution >= 0.6 is 0 Å². The van der Waals surface area contributed by atoms with Crippen LogP contribution in [-0.4, -0.2) is 44.8 Å². The van der Waals surface area contributed by atoms with Crippen molar-refractivity contribution < 1.29 is 23.4 Å². The zero-order valence-electron chi connectivity index (χ0n) is 16.4. The highest BCUT2D eigenvalue weighted by molar-refractivity contribution is 5.74. The van der Waals surface area contributed by atoms with Crippen LogP contribution in [0.2, 0.25) is 0 Å². The van der Waals surface area contributed by atoms with Gasteiger partial charge in [0.25, 0.3) is 0 Å². The molecule has 148 valence electrons. The van der Waals surface area contributed by atoms with Gasteiger partial charge in [0.2, 0.25) is 0 Å². The molecule has 0 unspecified atom stereocenters. The van der Waals surface area contributed by atoms with Gasteiger partial charge in [-0.15, -0.1) is 0 Å². The molecule has 1 fully saturated rings. The Morgan fingerprint density at radius 3 is 2.56 bits per heavy atom. The van der Waals surface area contributed by atoms with Crippen molar-refractivity contribution in [3.8, 4) is 11.5 Å². The lowest BCUT2D eigenvalue weighted by atomic mass is 9.72. The van der Waals surface area contributed by atoms with Crippen LogP contribution < -0.4 is 9.47 Å². The molecule has 2 aliphatic rings. The second-order valence-electron chi connectivity index (χ2n) is 7.34. The quantitative estimate of drug-likeness (QED) is 0.562. The Kier molecular flexibility index (Phi) is 6.05. The van der Waals surface area contributed by atoms with E-state index in [2.05, 4.69) is 24.0 Å². The van der Waals surface area contributed by atoms with Gasteiger partial charge in [-0.05, 0) is 30.7 Å². The lowest BCUT2D eigenvalue weighted by molar-refractivity contribution is -0.152. The molecule has 6 heteroatoms. The van der Waals surface area contributed by atoms with Gasteiger partial charge in [0.05, 0.1) is 26.7 Å². The Hall–Kier alpha value is -2.08. The zero-order valence-corrected chi connectivity index (χ0v) is 16.4. The summed E-state index contributed by atoms with van der Waals surface area (Å²) in [6.07, 6.45) is 4.32. The molecule has 4 atom stereocenters. The van der Waals surface area contributed by atoms with Crippen molar-refractivity contribution in [2.75, 3.05) is 33.9 Å². The minimum Gasteiger partial charge on any atom is -0.493 e. The highest BCUT2D eigenvalue weighted by Crippen LogP contribution is 2.41. The molecule has 27 heavy (non-hydrogen) atoms. The molecule has 0 bridgehead atoms. The van der Waals surface area contributed by atoms with E-state index in [1.165, 1.54) is 13.2 Å². The van der Waals surface area contributed by atoms with Gasteiger partial charge < -0.3 is 14.2 Å². The van der Waals surface area contributed by atoms with Crippen molar-refractivity contribution in [2.45, 2.75) is 20.4 Å². The first-order chi connectivity index (χ1) is 13.0. The molecular weight excluding hydrogens is 349 g/mol. The number of fused-ring (bicyclic) bond motifs is 1. The fourth-order valence-electron chi connectivity index (χ4n) is 4.37. The number of benzene rings is 1. The number of rotatable bonds is 6. The van der Waals surface area contributed by atoms with Crippen molar-refractivity contribution in [3.05, 3.63) is 35.7 Å². The fraction of sp³-hybridized carbons (Fsp3) is 0.571. The second-order valence-corrected chi connectivity index (χ2v) is 7.34. The summed E-state index contributed by atoms with van der Waals surface area (Å²) in [6, 6.07) is 3.05. The van der Waals surface area contributed by atoms with Crippen LogP contribution in [0.4, 0.5) is 4.39 Å². The van der Waals surface area contributed by atoms with Crippen molar-refractivity contribution in [1.82, 2.24) is 4.90 Å². The highest BCUT2D eigenvalue weighted by Gasteiger charge is 2.44. The van der Waals surface area contributed by atoms with E-state index in [4.69, 9.17) is 14.2 Å². The molecule has 1 aliphatic heterocycles. The first-order valence-electron chi connectivity index (χ1n) is 9.46. The molecule has 0 radical (unpaired) electrons. The highest BCUT2D eigenvalue weighted by atomic mass is 19.1. The van der Waals surface area contributed by atoms with E-state index in [0.717, 1.165) is 13.1 Å². The average Bonchev–Trinajstić information content (AvgIpc) is 3.05. The summed E-state index contributed by atoms with van der Waals surface area (Å²) in [5.41, 5.74) is 0.566. The summed E-state index contributed by atoms with van der Waals surface area (Å²) in [7, 11) is 3.03. The van der Waals surface area contributed by atoms with E-state index < -0.39 is 0 Å². The Bertz CT molecular complexity index is 720. The van der Waals surface area contributed by atoms with Crippen LogP contribution in [-0.2, 0) is 16.1 Å². The Morgan fingerprint density at radius 2 is 1.89 bits per heavy atom. The first-order valence-corrected chi connectivity index (χ1v) is 9.46. The summed E-state index contributed by atoms with van der Waals surface area (Å²) in [6.45, 7) is 6.30. The second kappa shape index (κ2) is 8.30. The van der Waals surface area contributed by atoms with Crippen LogP contribution in [0.5, 0.6) is 11.5 Å². The molecule has 0 aromatic heterocycles. The number of esters is 1. The normalized spacial score (nSPS) is 27.3. The lowest BCUT2D eigenvalue weighted by Crippen LogP contribution is -2.37. The molecule has 0 amide bonds. The fourth-order valence-corrected chi connectivity index (χ4v) is 4.37. The SMILES string of the molecule is CCOC(=O)[C@@H]1[C@H]2CN(Cc3cc(OC)c(OC)cc3F)C[C@@H]2C=C[C@@H]1C. The maximum Gasteiger partial charge on any atom is 0.309 e. The van der Waals surface area contributed by atoms with Gasteiger partial charge in [-0.2, -0.15) is 0 Å². The molecular formula is C21H28FNO4. The largest absolute Gasteiger partial charge is 0.493 e. The van der Waals surface area contributed by atoms with Gasteiger partial charge in [0.15, 0.2) is 11.5 Å². The van der Waals surface area contributed by atoms with E-state index in [0.29, 0.717) is 36.1 Å². The number of carbonyl (C=O) groups is 1. The van der Waals surface area contributed by atoms with E-state index in [1.54, 1.807) is 13.2 Å². The van der Waals surface area contributed by atoms with Crippen LogP contribution in [0.1, 0.15) is 19.4 Å². The Morgan fingerprint density at radius 1 is 1.19 bits per heavy atom. The zero-order chi connectivity index (χ0) is 19.6. The first kappa shape index (κ1) is 19.7. The van der Waals surface area contributed by atoms with E-state index in [1.807, 2.05) is 6.92 Å². The number of hydrogen-bond acceptors (Lipinski definition) is 5. The molecule has 1 saturated heterocycles. The summed E-state index contributed by atoms with van der Waals surface area (Å²) < 4.78 is 30.3. The van der Waals surface area contributed by atoms with Gasteiger partial charge >= 0.3 is 5.97 Å². The maximum atomic E-state index is 14.5. The van der Waals surface area contributed by atoms with Crippen LogP contribution in [0.3, 0.4) is 0 Å². The number of nitrogens with zero attached hydrogens (tertiary/aromatic N) is 1. The third kappa shape index (κ3) is 3.95. The summed E-state index contributed by atoms with van der Waals surface area (Å²) in [5.74, 6) is 0.975. The lowest BCUT2D eigenvalue weighted by Gasteiger charge is -2.32. The summed E-state index contributed by atoms with van der Waals surface area (Å²) in [4.78, 5) is 14.7. The third-order valence-corrected chi connectivity index (χ3v) is 5.68. The van der Waals surface area contributed by atoms with Gasteiger partial charge in [-0.3, -0.25) is 9.69 Å². The number of ether oxygens (including phenoxy) is 3. The van der Waals surface area contributed by atoms with Crippen molar-refractivity contribution >= 4 is 5.97 Å². The van der Waals surface area contributed by atoms with Gasteiger partial charge in [-0.1, -0.05) is 19.1 Å². The van der Waals surface area contributed by atoms with Gasteiger partial charge in [0, 0.05) is 31.3 Å². The number of likely N-dealkylation sites (tertiary alicyclic amines) is 1. The Balaban J connectivity index is 1.76. The average molecular weight is 377 g/mol. The molecule has 0 N–H and O–H groups in total. The van der Waals surface area contributed by atoms with Crippen LogP contribution in [0.25, 0.3) is 0 Å². The van der Waals surface area contributed by atoms with Crippen molar-refractivity contribution in [3.63, 3.8) is 0 Å². The van der Waals surface area contributed by atoms with Crippen LogP contribution in [0, 0.1) is 29.5 Å². The topological polar surface area (TPSA) is 48.0 Å². The molecule has 0 spiro atoms. The molecule has 1 aromatic rings. The van der Waals surface area contributed by atoms with Crippen molar-refractivity contribution in [2.24, 2.45) is 23.7 Å². The minimum atomic E-state index is -0.312. The smallest absolute Gasteiger partial charge is 0.309 e.